The fourth-order valence-corrected chi connectivity index (χ4v) is 2.34. The Morgan fingerprint density at radius 2 is 2.23 bits per heavy atom. The SMILES string of the molecule is COc1cccc(-c2ccc(NC(=O)C3CCNN3)nc2)c1. The molecule has 1 atom stereocenters. The molecule has 0 radical (unpaired) electrons. The van der Waals surface area contributed by atoms with E-state index in [1.54, 1.807) is 19.4 Å². The number of amides is 1. The maximum Gasteiger partial charge on any atom is 0.244 e. The van der Waals surface area contributed by atoms with Crippen LogP contribution in [0.2, 0.25) is 0 Å². The molecule has 1 aromatic heterocycles. The van der Waals surface area contributed by atoms with Crippen molar-refractivity contribution in [2.75, 3.05) is 19.0 Å². The lowest BCUT2D eigenvalue weighted by atomic mass is 10.1. The van der Waals surface area contributed by atoms with Crippen LogP contribution in [0.1, 0.15) is 6.42 Å². The highest BCUT2D eigenvalue weighted by Gasteiger charge is 2.22. The van der Waals surface area contributed by atoms with Crippen molar-refractivity contribution < 1.29 is 9.53 Å². The van der Waals surface area contributed by atoms with Crippen molar-refractivity contribution in [2.45, 2.75) is 12.5 Å². The number of ether oxygens (including phenoxy) is 1. The highest BCUT2D eigenvalue weighted by Crippen LogP contribution is 2.23. The van der Waals surface area contributed by atoms with Crippen molar-refractivity contribution in [3.63, 3.8) is 0 Å². The first-order chi connectivity index (χ1) is 10.8. The Hall–Kier alpha value is -2.44. The third-order valence-corrected chi connectivity index (χ3v) is 3.57. The van der Waals surface area contributed by atoms with Crippen LogP contribution in [0.15, 0.2) is 42.6 Å². The summed E-state index contributed by atoms with van der Waals surface area (Å²) in [7, 11) is 1.64. The van der Waals surface area contributed by atoms with Crippen molar-refractivity contribution >= 4 is 11.7 Å². The fraction of sp³-hybridized carbons (Fsp3) is 0.250. The van der Waals surface area contributed by atoms with Crippen LogP contribution in [0.3, 0.4) is 0 Å². The Balaban J connectivity index is 1.70. The molecule has 2 aromatic rings. The minimum absolute atomic E-state index is 0.0772. The average molecular weight is 298 g/mol. The van der Waals surface area contributed by atoms with Crippen LogP contribution in [-0.4, -0.2) is 30.6 Å². The van der Waals surface area contributed by atoms with Crippen LogP contribution in [0.5, 0.6) is 5.75 Å². The zero-order valence-electron chi connectivity index (χ0n) is 12.3. The summed E-state index contributed by atoms with van der Waals surface area (Å²) in [6, 6.07) is 11.3. The summed E-state index contributed by atoms with van der Waals surface area (Å²) in [5.41, 5.74) is 7.85. The van der Waals surface area contributed by atoms with E-state index in [9.17, 15) is 4.79 Å². The lowest BCUT2D eigenvalue weighted by Gasteiger charge is -2.10. The average Bonchev–Trinajstić information content (AvgIpc) is 3.10. The summed E-state index contributed by atoms with van der Waals surface area (Å²) in [6.45, 7) is 0.792. The smallest absolute Gasteiger partial charge is 0.244 e. The number of anilines is 1. The highest BCUT2D eigenvalue weighted by atomic mass is 16.5. The van der Waals surface area contributed by atoms with Gasteiger partial charge in [0.05, 0.1) is 7.11 Å². The molecule has 1 unspecified atom stereocenters. The molecule has 0 aliphatic carbocycles. The van der Waals surface area contributed by atoms with E-state index in [-0.39, 0.29) is 11.9 Å². The number of hydrazine groups is 1. The molecule has 1 aliphatic rings. The summed E-state index contributed by atoms with van der Waals surface area (Å²) < 4.78 is 5.22. The highest BCUT2D eigenvalue weighted by molar-refractivity contribution is 5.94. The normalized spacial score (nSPS) is 17.2. The number of methoxy groups -OCH3 is 1. The van der Waals surface area contributed by atoms with Gasteiger partial charge in [0, 0.05) is 18.3 Å². The number of pyridine rings is 1. The van der Waals surface area contributed by atoms with Crippen molar-refractivity contribution in [1.29, 1.82) is 0 Å². The van der Waals surface area contributed by atoms with Crippen LogP contribution in [-0.2, 0) is 4.79 Å². The van der Waals surface area contributed by atoms with Gasteiger partial charge in [-0.25, -0.2) is 10.4 Å². The van der Waals surface area contributed by atoms with Gasteiger partial charge in [0.2, 0.25) is 5.91 Å². The molecule has 6 heteroatoms. The molecule has 1 saturated heterocycles. The molecule has 6 nitrogen and oxygen atoms in total. The summed E-state index contributed by atoms with van der Waals surface area (Å²) in [5, 5.41) is 2.81. The van der Waals surface area contributed by atoms with Gasteiger partial charge in [-0.15, -0.1) is 0 Å². The van der Waals surface area contributed by atoms with E-state index in [0.717, 1.165) is 29.8 Å². The molecule has 3 N–H and O–H groups in total. The zero-order chi connectivity index (χ0) is 15.4. The van der Waals surface area contributed by atoms with E-state index in [1.807, 2.05) is 30.3 Å². The first-order valence-corrected chi connectivity index (χ1v) is 7.16. The van der Waals surface area contributed by atoms with Gasteiger partial charge in [0.1, 0.15) is 17.6 Å². The summed E-state index contributed by atoms with van der Waals surface area (Å²) in [4.78, 5) is 16.3. The van der Waals surface area contributed by atoms with Crippen LogP contribution in [0, 0.1) is 0 Å². The number of nitrogens with zero attached hydrogens (tertiary/aromatic N) is 1. The molecular weight excluding hydrogens is 280 g/mol. The van der Waals surface area contributed by atoms with Gasteiger partial charge in [0.25, 0.3) is 0 Å². The minimum Gasteiger partial charge on any atom is -0.497 e. The second-order valence-corrected chi connectivity index (χ2v) is 5.07. The molecule has 0 spiro atoms. The zero-order valence-corrected chi connectivity index (χ0v) is 12.3. The van der Waals surface area contributed by atoms with Crippen molar-refractivity contribution in [1.82, 2.24) is 15.8 Å². The Labute approximate surface area is 128 Å². The van der Waals surface area contributed by atoms with Crippen molar-refractivity contribution in [3.8, 4) is 16.9 Å². The molecular formula is C16H18N4O2. The quantitative estimate of drug-likeness (QED) is 0.799. The minimum atomic E-state index is -0.208. The van der Waals surface area contributed by atoms with Crippen LogP contribution in [0.4, 0.5) is 5.82 Å². The maximum absolute atomic E-state index is 12.0. The number of nitrogens with one attached hydrogen (secondary N) is 3. The second-order valence-electron chi connectivity index (χ2n) is 5.07. The summed E-state index contributed by atoms with van der Waals surface area (Å²) in [6.07, 6.45) is 2.51. The van der Waals surface area contributed by atoms with Crippen molar-refractivity contribution in [2.24, 2.45) is 0 Å². The molecule has 22 heavy (non-hydrogen) atoms. The van der Waals surface area contributed by atoms with E-state index in [2.05, 4.69) is 21.2 Å². The summed E-state index contributed by atoms with van der Waals surface area (Å²) in [5.74, 6) is 1.27. The third kappa shape index (κ3) is 3.24. The van der Waals surface area contributed by atoms with Gasteiger partial charge < -0.3 is 10.1 Å². The second kappa shape index (κ2) is 6.55. The topological polar surface area (TPSA) is 75.3 Å². The van der Waals surface area contributed by atoms with Crippen LogP contribution < -0.4 is 20.9 Å². The maximum atomic E-state index is 12.0. The lowest BCUT2D eigenvalue weighted by Crippen LogP contribution is -2.39. The molecule has 3 rings (SSSR count). The van der Waals surface area contributed by atoms with Gasteiger partial charge in [-0.1, -0.05) is 12.1 Å². The van der Waals surface area contributed by atoms with Crippen LogP contribution >= 0.6 is 0 Å². The standard InChI is InChI=1S/C16H18N4O2/c1-22-13-4-2-3-11(9-13)12-5-6-15(17-10-12)19-16(21)14-7-8-18-20-14/h2-6,9-10,14,18,20H,7-8H2,1H3,(H,17,19,21). The Morgan fingerprint density at radius 1 is 1.32 bits per heavy atom. The summed E-state index contributed by atoms with van der Waals surface area (Å²) >= 11 is 0. The molecule has 1 aromatic carbocycles. The number of benzene rings is 1. The first kappa shape index (κ1) is 14.5. The number of carbonyl (C=O) groups excluding carboxylic acids is 1. The lowest BCUT2D eigenvalue weighted by molar-refractivity contribution is -0.117. The fourth-order valence-electron chi connectivity index (χ4n) is 2.34. The number of aromatic nitrogens is 1. The number of carbonyl (C=O) groups is 1. The van der Waals surface area contributed by atoms with E-state index < -0.39 is 0 Å². The molecule has 1 fully saturated rings. The molecule has 2 heterocycles. The first-order valence-electron chi connectivity index (χ1n) is 7.16. The van der Waals surface area contributed by atoms with Gasteiger partial charge >= 0.3 is 0 Å². The predicted octanol–water partition coefficient (Wildman–Crippen LogP) is 1.56. The van der Waals surface area contributed by atoms with E-state index >= 15 is 0 Å². The Bertz CT molecular complexity index is 651. The number of hydrogen-bond acceptors (Lipinski definition) is 5. The van der Waals surface area contributed by atoms with Gasteiger partial charge in [-0.2, -0.15) is 0 Å². The Kier molecular flexibility index (Phi) is 4.32. The van der Waals surface area contributed by atoms with E-state index in [0.29, 0.717) is 5.82 Å². The predicted molar refractivity (Wildman–Crippen MR) is 84.4 cm³/mol. The largest absolute Gasteiger partial charge is 0.497 e. The number of hydrogen-bond donors (Lipinski definition) is 3. The molecule has 0 saturated carbocycles. The molecule has 1 amide bonds. The molecule has 1 aliphatic heterocycles. The van der Waals surface area contributed by atoms with Gasteiger partial charge in [0.15, 0.2) is 0 Å². The van der Waals surface area contributed by atoms with E-state index in [1.165, 1.54) is 0 Å². The van der Waals surface area contributed by atoms with Gasteiger partial charge in [-0.3, -0.25) is 10.2 Å². The van der Waals surface area contributed by atoms with Crippen molar-refractivity contribution in [3.05, 3.63) is 42.6 Å². The van der Waals surface area contributed by atoms with Crippen LogP contribution in [0.25, 0.3) is 11.1 Å². The monoisotopic (exact) mass is 298 g/mol. The third-order valence-electron chi connectivity index (χ3n) is 3.57. The molecule has 114 valence electrons. The Morgan fingerprint density at radius 3 is 2.91 bits per heavy atom. The van der Waals surface area contributed by atoms with Gasteiger partial charge in [-0.05, 0) is 36.2 Å². The van der Waals surface area contributed by atoms with E-state index in [4.69, 9.17) is 4.74 Å². The molecule has 0 bridgehead atoms. The number of rotatable bonds is 4.